The van der Waals surface area contributed by atoms with Crippen LogP contribution in [0.5, 0.6) is 0 Å². The van der Waals surface area contributed by atoms with Crippen LogP contribution in [0.3, 0.4) is 0 Å². The van der Waals surface area contributed by atoms with Gasteiger partial charge >= 0.3 is 0 Å². The fourth-order valence-corrected chi connectivity index (χ4v) is 4.36. The Labute approximate surface area is 127 Å². The number of alkyl halides is 1. The average molecular weight is 339 g/mol. The summed E-state index contributed by atoms with van der Waals surface area (Å²) >= 11 is 5.37. The number of fused-ring (bicyclic) bond motifs is 1. The fraction of sp³-hybridized carbons (Fsp3) is 0.533. The zero-order valence-electron chi connectivity index (χ0n) is 11.2. The number of hydrogen-bond donors (Lipinski definition) is 0. The van der Waals surface area contributed by atoms with E-state index in [4.69, 9.17) is 0 Å². The van der Waals surface area contributed by atoms with Gasteiger partial charge in [-0.1, -0.05) is 35.0 Å². The van der Waals surface area contributed by atoms with Crippen molar-refractivity contribution in [1.29, 1.82) is 0 Å². The SMILES string of the molecule is CC(Br)CC1CCCCN1c1snc2ccccc12. The fourth-order valence-electron chi connectivity index (χ4n) is 2.97. The lowest BCUT2D eigenvalue weighted by atomic mass is 9.98. The summed E-state index contributed by atoms with van der Waals surface area (Å²) < 4.78 is 4.60. The van der Waals surface area contributed by atoms with Crippen molar-refractivity contribution in [3.8, 4) is 0 Å². The minimum atomic E-state index is 0.581. The van der Waals surface area contributed by atoms with Gasteiger partial charge in [0.2, 0.25) is 0 Å². The molecule has 0 N–H and O–H groups in total. The second-order valence-corrected chi connectivity index (χ2v) is 7.68. The summed E-state index contributed by atoms with van der Waals surface area (Å²) in [5, 5.41) is 2.69. The first-order valence-corrected chi connectivity index (χ1v) is 8.70. The summed E-state index contributed by atoms with van der Waals surface area (Å²) in [6.45, 7) is 3.42. The number of halogens is 1. The quantitative estimate of drug-likeness (QED) is 0.745. The maximum atomic E-state index is 4.60. The molecule has 0 amide bonds. The van der Waals surface area contributed by atoms with Crippen LogP contribution in [0, 0.1) is 0 Å². The molecule has 1 aromatic heterocycles. The van der Waals surface area contributed by atoms with Gasteiger partial charge in [-0.15, -0.1) is 0 Å². The van der Waals surface area contributed by atoms with Gasteiger partial charge in [0.15, 0.2) is 0 Å². The van der Waals surface area contributed by atoms with Crippen molar-refractivity contribution in [3.63, 3.8) is 0 Å². The van der Waals surface area contributed by atoms with E-state index in [1.807, 2.05) is 0 Å². The van der Waals surface area contributed by atoms with Gasteiger partial charge in [-0.2, -0.15) is 4.37 Å². The van der Waals surface area contributed by atoms with Crippen LogP contribution in [0.4, 0.5) is 5.00 Å². The van der Waals surface area contributed by atoms with Crippen molar-refractivity contribution in [2.45, 2.75) is 43.5 Å². The second-order valence-electron chi connectivity index (χ2n) is 5.36. The van der Waals surface area contributed by atoms with Crippen LogP contribution in [0.1, 0.15) is 32.6 Å². The van der Waals surface area contributed by atoms with Crippen molar-refractivity contribution in [1.82, 2.24) is 4.37 Å². The molecule has 4 heteroatoms. The third-order valence-corrected chi connectivity index (χ3v) is 5.14. The van der Waals surface area contributed by atoms with Gasteiger partial charge in [0.05, 0.1) is 5.52 Å². The van der Waals surface area contributed by atoms with Gasteiger partial charge in [-0.05, 0) is 49.3 Å². The molecule has 1 aromatic carbocycles. The first-order chi connectivity index (χ1) is 9.25. The number of aromatic nitrogens is 1. The third kappa shape index (κ3) is 2.79. The molecule has 1 aliphatic rings. The molecule has 0 spiro atoms. The Hall–Kier alpha value is -0.610. The van der Waals surface area contributed by atoms with E-state index >= 15 is 0 Å². The van der Waals surface area contributed by atoms with Crippen molar-refractivity contribution in [2.24, 2.45) is 0 Å². The predicted molar refractivity (Wildman–Crippen MR) is 87.6 cm³/mol. The smallest absolute Gasteiger partial charge is 0.120 e. The number of piperidine rings is 1. The van der Waals surface area contributed by atoms with E-state index in [1.54, 1.807) is 11.5 Å². The number of nitrogens with zero attached hydrogens (tertiary/aromatic N) is 2. The zero-order valence-corrected chi connectivity index (χ0v) is 13.6. The lowest BCUT2D eigenvalue weighted by Crippen LogP contribution is -2.40. The van der Waals surface area contributed by atoms with Crippen LogP contribution < -0.4 is 4.90 Å². The number of anilines is 1. The Morgan fingerprint density at radius 3 is 3.11 bits per heavy atom. The van der Waals surface area contributed by atoms with Gasteiger partial charge in [0.1, 0.15) is 5.00 Å². The highest BCUT2D eigenvalue weighted by Gasteiger charge is 2.26. The average Bonchev–Trinajstić information content (AvgIpc) is 2.82. The first-order valence-electron chi connectivity index (χ1n) is 7.01. The summed E-state index contributed by atoms with van der Waals surface area (Å²) in [5.41, 5.74) is 1.14. The highest BCUT2D eigenvalue weighted by molar-refractivity contribution is 9.09. The number of hydrogen-bond acceptors (Lipinski definition) is 3. The lowest BCUT2D eigenvalue weighted by molar-refractivity contribution is 0.442. The molecule has 2 unspecified atom stereocenters. The predicted octanol–water partition coefficient (Wildman–Crippen LogP) is 4.83. The Kier molecular flexibility index (Phi) is 4.08. The van der Waals surface area contributed by atoms with Crippen LogP contribution in [0.25, 0.3) is 10.9 Å². The molecule has 19 heavy (non-hydrogen) atoms. The van der Waals surface area contributed by atoms with E-state index in [9.17, 15) is 0 Å². The third-order valence-electron chi connectivity index (χ3n) is 3.85. The normalized spacial score (nSPS) is 21.8. The van der Waals surface area contributed by atoms with E-state index in [-0.39, 0.29) is 0 Å². The molecule has 2 nitrogen and oxygen atoms in total. The number of benzene rings is 1. The van der Waals surface area contributed by atoms with Gasteiger partial charge in [0, 0.05) is 22.8 Å². The Bertz CT molecular complexity index is 552. The van der Waals surface area contributed by atoms with Crippen LogP contribution >= 0.6 is 27.5 Å². The summed E-state index contributed by atoms with van der Waals surface area (Å²) in [6.07, 6.45) is 5.19. The van der Waals surface area contributed by atoms with Crippen molar-refractivity contribution in [3.05, 3.63) is 24.3 Å². The minimum Gasteiger partial charge on any atom is -0.359 e. The van der Waals surface area contributed by atoms with Crippen molar-refractivity contribution in [2.75, 3.05) is 11.4 Å². The molecular formula is C15H19BrN2S. The van der Waals surface area contributed by atoms with Gasteiger partial charge in [-0.3, -0.25) is 0 Å². The second kappa shape index (κ2) is 5.80. The zero-order chi connectivity index (χ0) is 13.2. The Morgan fingerprint density at radius 2 is 2.26 bits per heavy atom. The maximum absolute atomic E-state index is 4.60. The molecule has 1 aliphatic heterocycles. The van der Waals surface area contributed by atoms with Crippen LogP contribution in [0.2, 0.25) is 0 Å². The molecule has 2 aromatic rings. The molecule has 2 atom stereocenters. The van der Waals surface area contributed by atoms with Gasteiger partial charge in [0.25, 0.3) is 0 Å². The molecule has 0 aliphatic carbocycles. The first kappa shape index (κ1) is 13.4. The van der Waals surface area contributed by atoms with Crippen molar-refractivity contribution >= 4 is 43.4 Å². The number of rotatable bonds is 3. The standard InChI is InChI=1S/C15H19BrN2S/c1-11(16)10-12-6-4-5-9-18(12)15-13-7-2-3-8-14(13)17-19-15/h2-3,7-8,11-12H,4-6,9-10H2,1H3. The van der Waals surface area contributed by atoms with Crippen molar-refractivity contribution < 1.29 is 0 Å². The summed E-state index contributed by atoms with van der Waals surface area (Å²) in [7, 11) is 0. The van der Waals surface area contributed by atoms with Gasteiger partial charge < -0.3 is 4.90 Å². The highest BCUT2D eigenvalue weighted by Crippen LogP contribution is 2.36. The van der Waals surface area contributed by atoms with E-state index in [1.165, 1.54) is 42.6 Å². The molecule has 1 saturated heterocycles. The molecule has 0 radical (unpaired) electrons. The van der Waals surface area contributed by atoms with E-state index in [2.05, 4.69) is 56.4 Å². The molecule has 3 rings (SSSR count). The summed E-state index contributed by atoms with van der Waals surface area (Å²) in [6, 6.07) is 9.16. The molecule has 0 saturated carbocycles. The summed E-state index contributed by atoms with van der Waals surface area (Å²) in [5.74, 6) is 0. The van der Waals surface area contributed by atoms with Gasteiger partial charge in [-0.25, -0.2) is 0 Å². The molecule has 102 valence electrons. The van der Waals surface area contributed by atoms with E-state index in [0.29, 0.717) is 10.9 Å². The Balaban J connectivity index is 1.93. The highest BCUT2D eigenvalue weighted by atomic mass is 79.9. The molecule has 1 fully saturated rings. The largest absolute Gasteiger partial charge is 0.359 e. The summed E-state index contributed by atoms with van der Waals surface area (Å²) in [4.78, 5) is 3.18. The van der Waals surface area contributed by atoms with Crippen LogP contribution in [-0.4, -0.2) is 21.8 Å². The van der Waals surface area contributed by atoms with Crippen LogP contribution in [0.15, 0.2) is 24.3 Å². The van der Waals surface area contributed by atoms with Crippen LogP contribution in [-0.2, 0) is 0 Å². The molecule has 2 heterocycles. The topological polar surface area (TPSA) is 16.1 Å². The lowest BCUT2D eigenvalue weighted by Gasteiger charge is -2.37. The van der Waals surface area contributed by atoms with E-state index in [0.717, 1.165) is 5.52 Å². The maximum Gasteiger partial charge on any atom is 0.120 e. The molecular weight excluding hydrogens is 320 g/mol. The van der Waals surface area contributed by atoms with E-state index < -0.39 is 0 Å². The molecule has 0 bridgehead atoms. The minimum absolute atomic E-state index is 0.581. The Morgan fingerprint density at radius 1 is 1.42 bits per heavy atom. The monoisotopic (exact) mass is 338 g/mol.